The number of piperidine rings is 1. The normalized spacial score (nSPS) is 29.4. The van der Waals surface area contributed by atoms with Crippen molar-refractivity contribution in [3.63, 3.8) is 0 Å². The van der Waals surface area contributed by atoms with Crippen LogP contribution in [0.4, 0.5) is 0 Å². The Hall–Kier alpha value is -0.880. The van der Waals surface area contributed by atoms with Crippen LogP contribution in [0.3, 0.4) is 0 Å². The van der Waals surface area contributed by atoms with Crippen LogP contribution < -0.4 is 0 Å². The average molecular weight is 284 g/mol. The van der Waals surface area contributed by atoms with Crippen LogP contribution in [0, 0.1) is 6.92 Å². The fourth-order valence-electron chi connectivity index (χ4n) is 3.58. The van der Waals surface area contributed by atoms with Gasteiger partial charge in [0, 0.05) is 12.4 Å². The minimum Gasteiger partial charge on any atom is -0.326 e. The number of imidazole rings is 1. The molecule has 0 aromatic carbocycles. The highest BCUT2D eigenvalue weighted by Gasteiger charge is 2.40. The summed E-state index contributed by atoms with van der Waals surface area (Å²) in [6.45, 7) is 5.84. The number of aryl methyl sites for hydroxylation is 1. The van der Waals surface area contributed by atoms with Gasteiger partial charge in [0.05, 0.1) is 43.7 Å². The van der Waals surface area contributed by atoms with Gasteiger partial charge in [0.1, 0.15) is 5.82 Å². The van der Waals surface area contributed by atoms with E-state index in [1.807, 2.05) is 13.1 Å². The lowest BCUT2D eigenvalue weighted by Gasteiger charge is -2.46. The number of rotatable bonds is 1. The second kappa shape index (κ2) is 4.59. The molecule has 1 aromatic rings. The van der Waals surface area contributed by atoms with Crippen LogP contribution in [0.25, 0.3) is 0 Å². The van der Waals surface area contributed by atoms with Crippen molar-refractivity contribution in [3.05, 3.63) is 18.2 Å². The van der Waals surface area contributed by atoms with Crippen LogP contribution >= 0.6 is 0 Å². The van der Waals surface area contributed by atoms with Crippen molar-refractivity contribution in [1.29, 1.82) is 0 Å². The number of quaternary nitrogens is 1. The largest absolute Gasteiger partial charge is 0.326 e. The van der Waals surface area contributed by atoms with Gasteiger partial charge in [-0.1, -0.05) is 0 Å². The van der Waals surface area contributed by atoms with Crippen molar-refractivity contribution in [2.75, 3.05) is 37.7 Å². The summed E-state index contributed by atoms with van der Waals surface area (Å²) in [5, 5.41) is 0. The molecule has 5 nitrogen and oxygen atoms in total. The maximum Gasteiger partial charge on any atom is 0.161 e. The summed E-state index contributed by atoms with van der Waals surface area (Å²) in [6, 6.07) is 0.483. The zero-order valence-electron chi connectivity index (χ0n) is 11.5. The molecule has 0 saturated carbocycles. The summed E-state index contributed by atoms with van der Waals surface area (Å²) >= 11 is 0. The fraction of sp³-hybridized carbons (Fsp3) is 0.769. The van der Waals surface area contributed by atoms with E-state index in [-0.39, 0.29) is 0 Å². The second-order valence-corrected chi connectivity index (χ2v) is 8.33. The molecule has 1 unspecified atom stereocenters. The maximum atomic E-state index is 11.6. The molecule has 1 aromatic heterocycles. The maximum absolute atomic E-state index is 11.6. The van der Waals surface area contributed by atoms with Gasteiger partial charge in [0.2, 0.25) is 0 Å². The fourth-order valence-corrected chi connectivity index (χ4v) is 5.11. The van der Waals surface area contributed by atoms with E-state index in [9.17, 15) is 8.42 Å². The molecule has 0 radical (unpaired) electrons. The van der Waals surface area contributed by atoms with Gasteiger partial charge in [0.15, 0.2) is 9.84 Å². The van der Waals surface area contributed by atoms with Crippen LogP contribution in [0.5, 0.6) is 0 Å². The molecule has 3 rings (SSSR count). The standard InChI is InChI=1S/C13H22N3O2S/c1-12-14-4-5-15(12)13-3-2-6-16(11-13)7-9-19(17,18)10-8-16/h4-5,13H,2-3,6-11H2,1H3/q+1. The number of nitrogens with zero attached hydrogens (tertiary/aromatic N) is 3. The Balaban J connectivity index is 1.77. The summed E-state index contributed by atoms with van der Waals surface area (Å²) in [5.74, 6) is 1.79. The summed E-state index contributed by atoms with van der Waals surface area (Å²) in [5.41, 5.74) is 0. The van der Waals surface area contributed by atoms with E-state index >= 15 is 0 Å². The second-order valence-electron chi connectivity index (χ2n) is 6.02. The van der Waals surface area contributed by atoms with E-state index in [0.29, 0.717) is 17.5 Å². The monoisotopic (exact) mass is 284 g/mol. The van der Waals surface area contributed by atoms with Crippen LogP contribution in [0.1, 0.15) is 24.7 Å². The predicted molar refractivity (Wildman–Crippen MR) is 73.6 cm³/mol. The molecule has 6 heteroatoms. The lowest BCUT2D eigenvalue weighted by Crippen LogP contribution is -2.60. The third-order valence-corrected chi connectivity index (χ3v) is 6.39. The Kier molecular flexibility index (Phi) is 3.17. The molecule has 0 bridgehead atoms. The van der Waals surface area contributed by atoms with Crippen molar-refractivity contribution in [2.24, 2.45) is 0 Å². The zero-order chi connectivity index (χ0) is 13.5. The first-order chi connectivity index (χ1) is 9.00. The zero-order valence-corrected chi connectivity index (χ0v) is 12.3. The highest BCUT2D eigenvalue weighted by molar-refractivity contribution is 7.91. The Bertz CT molecular complexity index is 550. The van der Waals surface area contributed by atoms with Gasteiger partial charge in [-0.05, 0) is 19.8 Å². The molecule has 1 atom stereocenters. The van der Waals surface area contributed by atoms with E-state index in [4.69, 9.17) is 0 Å². The first-order valence-corrected chi connectivity index (χ1v) is 8.87. The van der Waals surface area contributed by atoms with E-state index in [1.54, 1.807) is 0 Å². The Morgan fingerprint density at radius 2 is 2.05 bits per heavy atom. The van der Waals surface area contributed by atoms with Gasteiger partial charge < -0.3 is 9.05 Å². The molecule has 0 N–H and O–H groups in total. The number of hydrogen-bond acceptors (Lipinski definition) is 3. The lowest BCUT2D eigenvalue weighted by molar-refractivity contribution is -0.931. The number of sulfone groups is 1. The quantitative estimate of drug-likeness (QED) is 0.716. The SMILES string of the molecule is Cc1nccn1C1CCC[N+]2(CCS(=O)(=O)CC2)C1. The van der Waals surface area contributed by atoms with Crippen molar-refractivity contribution in [3.8, 4) is 0 Å². The molecule has 2 saturated heterocycles. The molecule has 2 aliphatic rings. The van der Waals surface area contributed by atoms with E-state index in [0.717, 1.165) is 36.5 Å². The van der Waals surface area contributed by atoms with E-state index < -0.39 is 9.84 Å². The van der Waals surface area contributed by atoms with Crippen LogP contribution in [-0.2, 0) is 9.84 Å². The number of aromatic nitrogens is 2. The van der Waals surface area contributed by atoms with Gasteiger partial charge in [-0.15, -0.1) is 0 Å². The smallest absolute Gasteiger partial charge is 0.161 e. The Morgan fingerprint density at radius 1 is 1.32 bits per heavy atom. The van der Waals surface area contributed by atoms with E-state index in [2.05, 4.69) is 15.7 Å². The Morgan fingerprint density at radius 3 is 2.68 bits per heavy atom. The predicted octanol–water partition coefficient (Wildman–Crippen LogP) is 0.772. The molecule has 2 fully saturated rings. The first-order valence-electron chi connectivity index (χ1n) is 7.05. The minimum atomic E-state index is -2.77. The first kappa shape index (κ1) is 13.1. The van der Waals surface area contributed by atoms with Gasteiger partial charge in [0.25, 0.3) is 0 Å². The molecule has 2 aliphatic heterocycles. The molecule has 0 aliphatic carbocycles. The summed E-state index contributed by atoms with van der Waals surface area (Å²) in [4.78, 5) is 4.31. The van der Waals surface area contributed by atoms with Crippen molar-refractivity contribution >= 4 is 9.84 Å². The van der Waals surface area contributed by atoms with Crippen LogP contribution in [-0.4, -0.2) is 60.1 Å². The van der Waals surface area contributed by atoms with Gasteiger partial charge in [-0.2, -0.15) is 0 Å². The summed E-state index contributed by atoms with van der Waals surface area (Å²) in [6.07, 6.45) is 6.28. The van der Waals surface area contributed by atoms with Crippen molar-refractivity contribution < 1.29 is 12.9 Å². The topological polar surface area (TPSA) is 52.0 Å². The minimum absolute atomic E-state index is 0.364. The van der Waals surface area contributed by atoms with Crippen LogP contribution in [0.15, 0.2) is 12.4 Å². The van der Waals surface area contributed by atoms with Crippen molar-refractivity contribution in [1.82, 2.24) is 9.55 Å². The highest BCUT2D eigenvalue weighted by atomic mass is 32.2. The average Bonchev–Trinajstić information content (AvgIpc) is 2.81. The highest BCUT2D eigenvalue weighted by Crippen LogP contribution is 2.29. The molecular weight excluding hydrogens is 262 g/mol. The van der Waals surface area contributed by atoms with Crippen molar-refractivity contribution in [2.45, 2.75) is 25.8 Å². The summed E-state index contributed by atoms with van der Waals surface area (Å²) < 4.78 is 26.5. The lowest BCUT2D eigenvalue weighted by atomic mass is 10.0. The van der Waals surface area contributed by atoms with Crippen LogP contribution in [0.2, 0.25) is 0 Å². The molecule has 3 heterocycles. The molecular formula is C13H22N3O2S+. The van der Waals surface area contributed by atoms with Gasteiger partial charge in [-0.3, -0.25) is 0 Å². The molecule has 0 amide bonds. The molecule has 19 heavy (non-hydrogen) atoms. The third kappa shape index (κ3) is 2.56. The Labute approximate surface area is 114 Å². The summed E-state index contributed by atoms with van der Waals surface area (Å²) in [7, 11) is -2.77. The van der Waals surface area contributed by atoms with Gasteiger partial charge >= 0.3 is 0 Å². The van der Waals surface area contributed by atoms with E-state index in [1.165, 1.54) is 12.8 Å². The molecule has 106 valence electrons. The van der Waals surface area contributed by atoms with Gasteiger partial charge in [-0.25, -0.2) is 13.4 Å². The number of hydrogen-bond donors (Lipinski definition) is 0. The third-order valence-electron chi connectivity index (χ3n) is 4.78. The molecule has 1 spiro atoms.